The molecule has 3 aromatic rings. The van der Waals surface area contributed by atoms with E-state index >= 15 is 9.59 Å². The van der Waals surface area contributed by atoms with Crippen molar-refractivity contribution in [3.8, 4) is 0 Å². The molecule has 12 atom stereocenters. The largest absolute Gasteiger partial charge is 0.456 e. The highest BCUT2D eigenvalue weighted by Crippen LogP contribution is 2.64. The number of esters is 4. The first-order chi connectivity index (χ1) is 32.6. The molecule has 3 aliphatic carbocycles. The Morgan fingerprint density at radius 2 is 1.37 bits per heavy atom. The molecular formula is C53H65NO15Si. The summed E-state index contributed by atoms with van der Waals surface area (Å²) >= 11 is 0. The van der Waals surface area contributed by atoms with Crippen molar-refractivity contribution in [2.24, 2.45) is 16.7 Å². The summed E-state index contributed by atoms with van der Waals surface area (Å²) in [5.41, 5.74) is -7.54. The number of benzene rings is 3. The van der Waals surface area contributed by atoms with Crippen molar-refractivity contribution < 1.29 is 72.2 Å². The molecule has 4 aliphatic rings. The summed E-state index contributed by atoms with van der Waals surface area (Å²) in [5.74, 6) is -6.96. The van der Waals surface area contributed by atoms with Crippen LogP contribution in [0.4, 0.5) is 0 Å². The molecule has 7 rings (SSSR count). The number of carbonyl (C=O) groups excluding carboxylic acids is 6. The van der Waals surface area contributed by atoms with Gasteiger partial charge in [0, 0.05) is 31.2 Å². The number of Topliss-reactive ketones (excluding diaryl/α,β-unsaturated/α-hetero) is 1. The van der Waals surface area contributed by atoms with Crippen molar-refractivity contribution in [2.45, 2.75) is 147 Å². The third kappa shape index (κ3) is 8.82. The summed E-state index contributed by atoms with van der Waals surface area (Å²) in [5, 5.41) is 40.5. The number of amides is 1. The van der Waals surface area contributed by atoms with Crippen LogP contribution in [0.2, 0.25) is 18.1 Å². The van der Waals surface area contributed by atoms with Crippen LogP contribution in [0.5, 0.6) is 0 Å². The molecule has 1 amide bonds. The molecule has 16 nitrogen and oxygen atoms in total. The zero-order chi connectivity index (χ0) is 51.5. The van der Waals surface area contributed by atoms with Crippen LogP contribution in [0.15, 0.2) is 102 Å². The van der Waals surface area contributed by atoms with Gasteiger partial charge in [-0.15, -0.1) is 0 Å². The monoisotopic (exact) mass is 983 g/mol. The Labute approximate surface area is 409 Å². The second-order valence-corrected chi connectivity index (χ2v) is 26.1. The Kier molecular flexibility index (Phi) is 14.1. The molecule has 0 aromatic heterocycles. The Bertz CT molecular complexity index is 2540. The number of hydrogen-bond acceptors (Lipinski definition) is 15. The maximum atomic E-state index is 15.8. The number of ketones is 1. The van der Waals surface area contributed by atoms with Crippen LogP contribution in [0.1, 0.15) is 101 Å². The molecule has 0 unspecified atom stereocenters. The second-order valence-electron chi connectivity index (χ2n) is 21.3. The molecule has 376 valence electrons. The Balaban J connectivity index is 1.46. The molecule has 17 heteroatoms. The quantitative estimate of drug-likeness (QED) is 0.0735. The van der Waals surface area contributed by atoms with Crippen molar-refractivity contribution in [1.82, 2.24) is 5.32 Å². The minimum absolute atomic E-state index is 0.0336. The number of aliphatic hydroxyl groups is 3. The zero-order valence-corrected chi connectivity index (χ0v) is 42.5. The van der Waals surface area contributed by atoms with E-state index < -0.39 is 139 Å². The number of aliphatic hydroxyl groups excluding tert-OH is 2. The van der Waals surface area contributed by atoms with Crippen molar-refractivity contribution in [1.29, 1.82) is 0 Å². The topological polar surface area (TPSA) is 231 Å². The fourth-order valence-corrected chi connectivity index (χ4v) is 12.1. The van der Waals surface area contributed by atoms with Crippen LogP contribution in [0.25, 0.3) is 0 Å². The first kappa shape index (κ1) is 52.3. The average Bonchev–Trinajstić information content (AvgIpc) is 3.29. The highest BCUT2D eigenvalue weighted by atomic mass is 28.4. The van der Waals surface area contributed by atoms with Crippen molar-refractivity contribution in [2.75, 3.05) is 6.61 Å². The molecule has 4 N–H and O–H groups in total. The van der Waals surface area contributed by atoms with Gasteiger partial charge in [-0.2, -0.15) is 0 Å². The van der Waals surface area contributed by atoms with E-state index in [1.54, 1.807) is 99.6 Å². The maximum absolute atomic E-state index is 15.8. The first-order valence-corrected chi connectivity index (χ1v) is 26.4. The minimum Gasteiger partial charge on any atom is -0.456 e. The van der Waals surface area contributed by atoms with Crippen LogP contribution in [0.3, 0.4) is 0 Å². The normalized spacial score (nSPS) is 31.2. The lowest BCUT2D eigenvalue weighted by molar-refractivity contribution is -0.369. The summed E-state index contributed by atoms with van der Waals surface area (Å²) in [7, 11) is -2.96. The summed E-state index contributed by atoms with van der Waals surface area (Å²) in [6, 6.07) is 23.9. The van der Waals surface area contributed by atoms with Gasteiger partial charge in [-0.3, -0.25) is 19.2 Å². The van der Waals surface area contributed by atoms with Crippen LogP contribution in [0, 0.1) is 16.7 Å². The summed E-state index contributed by atoms with van der Waals surface area (Å²) in [6.45, 7) is 17.5. The fraction of sp³-hybridized carbons (Fsp3) is 0.509. The van der Waals surface area contributed by atoms with E-state index in [-0.39, 0.29) is 16.7 Å². The highest BCUT2D eigenvalue weighted by molar-refractivity contribution is 6.74. The van der Waals surface area contributed by atoms with Crippen molar-refractivity contribution in [3.05, 3.63) is 119 Å². The summed E-state index contributed by atoms with van der Waals surface area (Å²) < 4.78 is 37.8. The molecule has 1 saturated heterocycles. The summed E-state index contributed by atoms with van der Waals surface area (Å²) in [6.07, 6.45) is -12.8. The van der Waals surface area contributed by atoms with Gasteiger partial charge in [0.05, 0.1) is 35.6 Å². The van der Waals surface area contributed by atoms with E-state index in [1.165, 1.54) is 19.1 Å². The molecule has 3 aromatic carbocycles. The van der Waals surface area contributed by atoms with Gasteiger partial charge in [-0.1, -0.05) is 101 Å². The molecule has 0 spiro atoms. The van der Waals surface area contributed by atoms with E-state index in [2.05, 4.69) is 5.32 Å². The van der Waals surface area contributed by atoms with Gasteiger partial charge in [-0.25, -0.2) is 9.59 Å². The second kappa shape index (κ2) is 18.9. The van der Waals surface area contributed by atoms with Gasteiger partial charge in [0.2, 0.25) is 0 Å². The molecule has 0 radical (unpaired) electrons. The van der Waals surface area contributed by atoms with Crippen molar-refractivity contribution in [3.63, 3.8) is 0 Å². The predicted octanol–water partition coefficient (Wildman–Crippen LogP) is 5.74. The van der Waals surface area contributed by atoms with Crippen LogP contribution in [-0.2, 0) is 47.3 Å². The lowest BCUT2D eigenvalue weighted by Gasteiger charge is -2.68. The lowest BCUT2D eigenvalue weighted by Crippen LogP contribution is -2.85. The van der Waals surface area contributed by atoms with E-state index in [9.17, 15) is 34.5 Å². The van der Waals surface area contributed by atoms with Crippen molar-refractivity contribution >= 4 is 43.9 Å². The number of nitrogens with one attached hydrogen (secondary N) is 1. The number of hydrogen-bond donors (Lipinski definition) is 4. The highest BCUT2D eigenvalue weighted by Gasteiger charge is 2.80. The van der Waals surface area contributed by atoms with Gasteiger partial charge in [0.15, 0.2) is 31.9 Å². The van der Waals surface area contributed by atoms with Gasteiger partial charge in [0.1, 0.15) is 30.0 Å². The van der Waals surface area contributed by atoms with Crippen LogP contribution >= 0.6 is 0 Å². The zero-order valence-electron chi connectivity index (χ0n) is 41.5. The molecule has 70 heavy (non-hydrogen) atoms. The Morgan fingerprint density at radius 1 is 0.814 bits per heavy atom. The maximum Gasteiger partial charge on any atom is 0.338 e. The van der Waals surface area contributed by atoms with Gasteiger partial charge >= 0.3 is 23.9 Å². The molecule has 2 saturated carbocycles. The van der Waals surface area contributed by atoms with E-state index in [0.717, 1.165) is 13.8 Å². The molecular weight excluding hydrogens is 919 g/mol. The van der Waals surface area contributed by atoms with Gasteiger partial charge in [-0.05, 0) is 73.0 Å². The van der Waals surface area contributed by atoms with E-state index in [0.29, 0.717) is 11.1 Å². The SMILES string of the molecule is CC(=O)O[C@H]1C(=O)[C@@]2(C)[C@H]([C@H](OC(=O)c3ccccc3)[C@]3(O)C[C@H](OC(=O)[C@H](O[Si](C)(C)C(C)(C)C)[C@@H](NC(=O)c4ccccc4)c4ccccc4)C(C)=C1C3(C)C)[C@]1(OC(C)=O)CO[C@@H]1[C@@H](O)[C@@H]2O. The van der Waals surface area contributed by atoms with Crippen LogP contribution < -0.4 is 5.32 Å². The number of fused-ring (bicyclic) bond motifs is 5. The molecule has 1 aliphatic heterocycles. The van der Waals surface area contributed by atoms with E-state index in [4.69, 9.17) is 28.1 Å². The van der Waals surface area contributed by atoms with Gasteiger partial charge in [0.25, 0.3) is 5.91 Å². The molecule has 3 fully saturated rings. The third-order valence-electron chi connectivity index (χ3n) is 15.7. The number of ether oxygens (including phenoxy) is 5. The lowest BCUT2D eigenvalue weighted by atomic mass is 9.44. The number of rotatable bonds is 12. The van der Waals surface area contributed by atoms with Gasteiger partial charge < -0.3 is 48.7 Å². The molecule has 1 heterocycles. The fourth-order valence-electron chi connectivity index (χ4n) is 10.9. The number of carbonyl (C=O) groups is 6. The smallest absolute Gasteiger partial charge is 0.338 e. The average molecular weight is 984 g/mol. The standard InChI is InChI=1S/C53H65NO15Si/c1-29-35(66-48(62)40(69-70(10,11)49(4,5)6)37(32-21-15-12-16-22-32)54-46(60)33-23-17-13-18-24-33)27-53(63)45(67-47(61)34-25-19-14-20-26-34)41-51(9,43(59)39(65-30(2)55)36(29)50(53,7)8)42(58)38(57)44-52(41,28-64-44)68-31(3)56/h12-26,35,37-42,44-45,57-58,63H,27-28H2,1-11H3,(H,54,60)/t35-,37-,38-,39+,40+,41-,42-,44+,45-,51-,52+,53+/m0/s1. The third-order valence-corrected chi connectivity index (χ3v) is 20.2. The Hall–Kier alpha value is -5.56. The predicted molar refractivity (Wildman–Crippen MR) is 255 cm³/mol. The Morgan fingerprint density at radius 3 is 1.89 bits per heavy atom. The molecule has 2 bridgehead atoms. The summed E-state index contributed by atoms with van der Waals surface area (Å²) in [4.78, 5) is 86.3. The van der Waals surface area contributed by atoms with Crippen LogP contribution in [-0.4, -0.2) is 120 Å². The minimum atomic E-state index is -2.96. The van der Waals surface area contributed by atoms with E-state index in [1.807, 2.05) is 33.9 Å². The first-order valence-electron chi connectivity index (χ1n) is 23.5.